The zero-order valence-corrected chi connectivity index (χ0v) is 12.4. The van der Waals surface area contributed by atoms with Crippen LogP contribution in [0.4, 0.5) is 13.2 Å². The maximum Gasteiger partial charge on any atom is 0.490 e. The molecular formula is C13H16F3N3O3. The van der Waals surface area contributed by atoms with Crippen molar-refractivity contribution in [2.75, 3.05) is 13.7 Å². The first-order valence-electron chi connectivity index (χ1n) is 6.35. The average molecular weight is 319 g/mol. The number of methoxy groups -OCH3 is 1. The Morgan fingerprint density at radius 2 is 2.09 bits per heavy atom. The van der Waals surface area contributed by atoms with Crippen LogP contribution in [0.2, 0.25) is 0 Å². The monoisotopic (exact) mass is 319 g/mol. The lowest BCUT2D eigenvalue weighted by molar-refractivity contribution is -0.211. The van der Waals surface area contributed by atoms with Gasteiger partial charge in [-0.25, -0.2) is 4.79 Å². The Morgan fingerprint density at radius 1 is 1.45 bits per heavy atom. The van der Waals surface area contributed by atoms with Gasteiger partial charge >= 0.3 is 12.1 Å². The standard InChI is InChI=1S/C13H16F3N3O3/c1-12(2,22-11(20)13(14,15)16)7-10-6-9(8-17)18-19(10)4-5-21-3/h6H,4-5,7H2,1-3H3. The molecule has 0 radical (unpaired) electrons. The van der Waals surface area contributed by atoms with Crippen LogP contribution in [-0.4, -0.2) is 41.2 Å². The topological polar surface area (TPSA) is 77.1 Å². The second-order valence-electron chi connectivity index (χ2n) is 5.17. The lowest BCUT2D eigenvalue weighted by Crippen LogP contribution is -2.37. The van der Waals surface area contributed by atoms with Crippen LogP contribution in [0.5, 0.6) is 0 Å². The molecule has 1 heterocycles. The van der Waals surface area contributed by atoms with Crippen LogP contribution in [0.25, 0.3) is 0 Å². The molecule has 0 saturated heterocycles. The first-order valence-corrected chi connectivity index (χ1v) is 6.35. The lowest BCUT2D eigenvalue weighted by atomic mass is 10.0. The van der Waals surface area contributed by atoms with Gasteiger partial charge in [0.1, 0.15) is 11.7 Å². The summed E-state index contributed by atoms with van der Waals surface area (Å²) >= 11 is 0. The summed E-state index contributed by atoms with van der Waals surface area (Å²) in [5.41, 5.74) is -0.790. The van der Waals surface area contributed by atoms with E-state index in [1.165, 1.54) is 31.7 Å². The molecule has 1 aromatic rings. The Hall–Kier alpha value is -2.08. The number of esters is 1. The molecule has 0 saturated carbocycles. The average Bonchev–Trinajstić information content (AvgIpc) is 2.76. The first-order chi connectivity index (χ1) is 10.1. The zero-order chi connectivity index (χ0) is 17.0. The van der Waals surface area contributed by atoms with E-state index >= 15 is 0 Å². The fourth-order valence-corrected chi connectivity index (χ4v) is 1.80. The highest BCUT2D eigenvalue weighted by Gasteiger charge is 2.44. The van der Waals surface area contributed by atoms with Crippen molar-refractivity contribution in [1.82, 2.24) is 9.78 Å². The highest BCUT2D eigenvalue weighted by atomic mass is 19.4. The number of aromatic nitrogens is 2. The molecule has 0 aliphatic rings. The van der Waals surface area contributed by atoms with Crippen molar-refractivity contribution in [3.63, 3.8) is 0 Å². The van der Waals surface area contributed by atoms with Gasteiger partial charge in [0.25, 0.3) is 0 Å². The Bertz CT molecular complexity index is 573. The third kappa shape index (κ3) is 5.04. The molecule has 0 bridgehead atoms. The van der Waals surface area contributed by atoms with E-state index in [1.54, 1.807) is 0 Å². The van der Waals surface area contributed by atoms with Crippen LogP contribution in [-0.2, 0) is 27.2 Å². The van der Waals surface area contributed by atoms with Crippen molar-refractivity contribution in [3.05, 3.63) is 17.5 Å². The zero-order valence-electron chi connectivity index (χ0n) is 12.4. The van der Waals surface area contributed by atoms with Crippen molar-refractivity contribution in [3.8, 4) is 6.07 Å². The number of carbonyl (C=O) groups is 1. The van der Waals surface area contributed by atoms with Crippen molar-refractivity contribution in [1.29, 1.82) is 5.26 Å². The van der Waals surface area contributed by atoms with Gasteiger partial charge in [-0.05, 0) is 19.9 Å². The quantitative estimate of drug-likeness (QED) is 0.748. The summed E-state index contributed by atoms with van der Waals surface area (Å²) in [5, 5.41) is 12.9. The Kier molecular flexibility index (Phi) is 5.54. The molecule has 0 unspecified atom stereocenters. The summed E-state index contributed by atoms with van der Waals surface area (Å²) in [6.07, 6.45) is -5.07. The first kappa shape index (κ1) is 18.0. The molecular weight excluding hydrogens is 303 g/mol. The summed E-state index contributed by atoms with van der Waals surface area (Å²) in [6, 6.07) is 3.30. The summed E-state index contributed by atoms with van der Waals surface area (Å²) in [4.78, 5) is 10.9. The molecule has 1 aromatic heterocycles. The number of hydrogen-bond acceptors (Lipinski definition) is 5. The van der Waals surface area contributed by atoms with Crippen LogP contribution in [0.15, 0.2) is 6.07 Å². The third-order valence-electron chi connectivity index (χ3n) is 2.69. The predicted octanol–water partition coefficient (Wildman–Crippen LogP) is 1.83. The molecule has 0 fully saturated rings. The summed E-state index contributed by atoms with van der Waals surface area (Å²) in [5.74, 6) is -2.25. The molecule has 1 rings (SSSR count). The number of carbonyl (C=O) groups excluding carboxylic acids is 1. The van der Waals surface area contributed by atoms with E-state index in [4.69, 9.17) is 10.00 Å². The highest BCUT2D eigenvalue weighted by molar-refractivity contribution is 5.76. The normalized spacial score (nSPS) is 12.0. The second kappa shape index (κ2) is 6.79. The van der Waals surface area contributed by atoms with Gasteiger partial charge in [-0.3, -0.25) is 4.68 Å². The van der Waals surface area contributed by atoms with E-state index in [2.05, 4.69) is 9.84 Å². The summed E-state index contributed by atoms with van der Waals surface area (Å²) < 4.78 is 47.7. The number of halogens is 3. The van der Waals surface area contributed by atoms with Gasteiger partial charge in [0.05, 0.1) is 13.2 Å². The number of nitrogens with zero attached hydrogens (tertiary/aromatic N) is 3. The number of rotatable bonds is 6. The SMILES string of the molecule is COCCn1nc(C#N)cc1CC(C)(C)OC(=O)C(F)(F)F. The van der Waals surface area contributed by atoms with Crippen molar-refractivity contribution in [2.24, 2.45) is 0 Å². The van der Waals surface area contributed by atoms with Crippen LogP contribution in [0.1, 0.15) is 25.2 Å². The van der Waals surface area contributed by atoms with Crippen LogP contribution in [0, 0.1) is 11.3 Å². The van der Waals surface area contributed by atoms with E-state index in [0.29, 0.717) is 18.8 Å². The van der Waals surface area contributed by atoms with Gasteiger partial charge in [-0.15, -0.1) is 0 Å². The maximum atomic E-state index is 12.3. The number of nitriles is 1. The molecule has 0 amide bonds. The van der Waals surface area contributed by atoms with Gasteiger partial charge in [0.15, 0.2) is 5.69 Å². The van der Waals surface area contributed by atoms with Gasteiger partial charge in [0.2, 0.25) is 0 Å². The van der Waals surface area contributed by atoms with Crippen LogP contribution < -0.4 is 0 Å². The van der Waals surface area contributed by atoms with Crippen LogP contribution in [0.3, 0.4) is 0 Å². The second-order valence-corrected chi connectivity index (χ2v) is 5.17. The minimum absolute atomic E-state index is 0.0206. The molecule has 0 aromatic carbocycles. The molecule has 9 heteroatoms. The van der Waals surface area contributed by atoms with Crippen LogP contribution >= 0.6 is 0 Å². The van der Waals surface area contributed by atoms with Crippen molar-refractivity contribution in [2.45, 2.75) is 38.6 Å². The Labute approximate surface area is 125 Å². The number of alkyl halides is 3. The fourth-order valence-electron chi connectivity index (χ4n) is 1.80. The van der Waals surface area contributed by atoms with E-state index in [0.717, 1.165) is 0 Å². The maximum absolute atomic E-state index is 12.3. The van der Waals surface area contributed by atoms with Crippen molar-refractivity contribution < 1.29 is 27.4 Å². The molecule has 0 atom stereocenters. The summed E-state index contributed by atoms with van der Waals surface area (Å²) in [7, 11) is 1.49. The van der Waals surface area contributed by atoms with E-state index < -0.39 is 17.7 Å². The Balaban J connectivity index is 2.90. The van der Waals surface area contributed by atoms with Gasteiger partial charge in [0, 0.05) is 19.2 Å². The molecule has 122 valence electrons. The smallest absolute Gasteiger partial charge is 0.453 e. The minimum Gasteiger partial charge on any atom is -0.453 e. The number of ether oxygens (including phenoxy) is 2. The molecule has 0 aliphatic heterocycles. The summed E-state index contributed by atoms with van der Waals surface area (Å²) in [6.45, 7) is 3.37. The molecule has 0 aliphatic carbocycles. The molecule has 6 nitrogen and oxygen atoms in total. The van der Waals surface area contributed by atoms with Crippen molar-refractivity contribution >= 4 is 5.97 Å². The molecule has 0 spiro atoms. The van der Waals surface area contributed by atoms with E-state index in [-0.39, 0.29) is 12.1 Å². The van der Waals surface area contributed by atoms with Gasteiger partial charge < -0.3 is 9.47 Å². The third-order valence-corrected chi connectivity index (χ3v) is 2.69. The lowest BCUT2D eigenvalue weighted by Gasteiger charge is -2.25. The van der Waals surface area contributed by atoms with Gasteiger partial charge in [-0.2, -0.15) is 23.5 Å². The van der Waals surface area contributed by atoms with E-state index in [9.17, 15) is 18.0 Å². The Morgan fingerprint density at radius 3 is 2.59 bits per heavy atom. The highest BCUT2D eigenvalue weighted by Crippen LogP contribution is 2.24. The predicted molar refractivity (Wildman–Crippen MR) is 68.7 cm³/mol. The molecule has 22 heavy (non-hydrogen) atoms. The molecule has 0 N–H and O–H groups in total. The van der Waals surface area contributed by atoms with Gasteiger partial charge in [-0.1, -0.05) is 0 Å². The largest absolute Gasteiger partial charge is 0.490 e. The fraction of sp³-hybridized carbons (Fsp3) is 0.615. The minimum atomic E-state index is -5.05. The number of hydrogen-bond donors (Lipinski definition) is 0. The van der Waals surface area contributed by atoms with E-state index in [1.807, 2.05) is 6.07 Å².